The Labute approximate surface area is 136 Å². The van der Waals surface area contributed by atoms with Crippen molar-refractivity contribution in [3.05, 3.63) is 47.8 Å². The van der Waals surface area contributed by atoms with Crippen molar-refractivity contribution >= 4 is 5.91 Å². The first kappa shape index (κ1) is 17.5. The minimum Gasteiger partial charge on any atom is -0.421 e. The molecule has 2 aromatic heterocycles. The normalized spacial score (nSPS) is 11.7. The second-order valence-electron chi connectivity index (χ2n) is 4.78. The highest BCUT2D eigenvalue weighted by atomic mass is 19.4. The zero-order valence-electron chi connectivity index (χ0n) is 13.0. The van der Waals surface area contributed by atoms with Gasteiger partial charge in [-0.2, -0.15) is 18.3 Å². The van der Waals surface area contributed by atoms with Crippen LogP contribution in [0.5, 0.6) is 11.8 Å². The zero-order valence-corrected chi connectivity index (χ0v) is 13.0. The summed E-state index contributed by atoms with van der Waals surface area (Å²) in [5.74, 6) is -0.262. The lowest BCUT2D eigenvalue weighted by atomic mass is 10.3. The van der Waals surface area contributed by atoms with Crippen molar-refractivity contribution in [3.63, 3.8) is 0 Å². The van der Waals surface area contributed by atoms with Crippen molar-refractivity contribution in [1.82, 2.24) is 20.1 Å². The third kappa shape index (κ3) is 4.58. The summed E-state index contributed by atoms with van der Waals surface area (Å²) in [4.78, 5) is 15.5. The van der Waals surface area contributed by atoms with E-state index < -0.39 is 11.9 Å². The molecule has 0 aliphatic heterocycles. The maximum absolute atomic E-state index is 12.6. The Morgan fingerprint density at radius 2 is 2.17 bits per heavy atom. The van der Waals surface area contributed by atoms with E-state index in [0.29, 0.717) is 5.69 Å². The maximum Gasteiger partial charge on any atom is 0.435 e. The first-order valence-electron chi connectivity index (χ1n) is 6.95. The SMILES string of the molecule is C/C=C/C(=O)NCc1cccc(Oc2cc(C(F)(F)F)nn2C)n1. The van der Waals surface area contributed by atoms with Gasteiger partial charge in [0.15, 0.2) is 5.69 Å². The number of carbonyl (C=O) groups excluding carboxylic acids is 1. The van der Waals surface area contributed by atoms with Gasteiger partial charge in [0.25, 0.3) is 0 Å². The van der Waals surface area contributed by atoms with Gasteiger partial charge >= 0.3 is 6.18 Å². The van der Waals surface area contributed by atoms with E-state index in [4.69, 9.17) is 4.74 Å². The number of aryl methyl sites for hydroxylation is 1. The van der Waals surface area contributed by atoms with Crippen molar-refractivity contribution in [2.75, 3.05) is 0 Å². The van der Waals surface area contributed by atoms with E-state index in [1.165, 1.54) is 19.2 Å². The van der Waals surface area contributed by atoms with Crippen LogP contribution in [-0.2, 0) is 24.6 Å². The second kappa shape index (κ2) is 7.16. The van der Waals surface area contributed by atoms with Gasteiger partial charge < -0.3 is 10.1 Å². The highest BCUT2D eigenvalue weighted by molar-refractivity contribution is 5.87. The number of pyridine rings is 1. The number of aromatic nitrogens is 3. The molecule has 0 saturated heterocycles. The van der Waals surface area contributed by atoms with Crippen LogP contribution in [0.15, 0.2) is 36.4 Å². The number of hydrogen-bond donors (Lipinski definition) is 1. The molecule has 0 saturated carbocycles. The van der Waals surface area contributed by atoms with E-state index in [0.717, 1.165) is 10.7 Å². The summed E-state index contributed by atoms with van der Waals surface area (Å²) in [7, 11) is 1.34. The van der Waals surface area contributed by atoms with Crippen LogP contribution in [-0.4, -0.2) is 20.7 Å². The molecule has 0 fully saturated rings. The van der Waals surface area contributed by atoms with Crippen LogP contribution < -0.4 is 10.1 Å². The Balaban J connectivity index is 2.10. The summed E-state index contributed by atoms with van der Waals surface area (Å²) >= 11 is 0. The van der Waals surface area contributed by atoms with Gasteiger partial charge in [-0.25, -0.2) is 9.67 Å². The fraction of sp³-hybridized carbons (Fsp3) is 0.267. The lowest BCUT2D eigenvalue weighted by molar-refractivity contribution is -0.141. The Kier molecular flexibility index (Phi) is 5.22. The number of carbonyl (C=O) groups is 1. The van der Waals surface area contributed by atoms with E-state index in [1.54, 1.807) is 25.1 Å². The van der Waals surface area contributed by atoms with Gasteiger partial charge in [0.1, 0.15) is 0 Å². The Morgan fingerprint density at radius 3 is 2.79 bits per heavy atom. The molecule has 0 aromatic carbocycles. The van der Waals surface area contributed by atoms with Crippen molar-refractivity contribution in [2.24, 2.45) is 7.05 Å². The molecule has 0 aliphatic carbocycles. The Bertz CT molecular complexity index is 753. The topological polar surface area (TPSA) is 69.0 Å². The molecule has 0 unspecified atom stereocenters. The fourth-order valence-corrected chi connectivity index (χ4v) is 1.79. The van der Waals surface area contributed by atoms with Crippen LogP contribution in [0.3, 0.4) is 0 Å². The highest BCUT2D eigenvalue weighted by Crippen LogP contribution is 2.31. The number of alkyl halides is 3. The molecule has 9 heteroatoms. The summed E-state index contributed by atoms with van der Waals surface area (Å²) in [5, 5.41) is 5.97. The quantitative estimate of drug-likeness (QED) is 0.850. The number of allylic oxidation sites excluding steroid dienone is 1. The summed E-state index contributed by atoms with van der Waals surface area (Å²) in [6, 6.07) is 5.58. The first-order chi connectivity index (χ1) is 11.3. The van der Waals surface area contributed by atoms with E-state index in [-0.39, 0.29) is 24.2 Å². The lowest BCUT2D eigenvalue weighted by Gasteiger charge is -2.06. The fourth-order valence-electron chi connectivity index (χ4n) is 1.79. The average Bonchev–Trinajstić information content (AvgIpc) is 2.87. The molecule has 0 aliphatic rings. The molecule has 6 nitrogen and oxygen atoms in total. The third-order valence-electron chi connectivity index (χ3n) is 2.88. The van der Waals surface area contributed by atoms with E-state index >= 15 is 0 Å². The van der Waals surface area contributed by atoms with Gasteiger partial charge in [0.2, 0.25) is 17.7 Å². The summed E-state index contributed by atoms with van der Waals surface area (Å²) < 4.78 is 44.2. The molecule has 1 N–H and O–H groups in total. The molecule has 2 heterocycles. The molecular formula is C15H15F3N4O2. The number of ether oxygens (including phenoxy) is 1. The van der Waals surface area contributed by atoms with Crippen LogP contribution in [0.2, 0.25) is 0 Å². The molecule has 0 bridgehead atoms. The van der Waals surface area contributed by atoms with Gasteiger partial charge in [0, 0.05) is 19.2 Å². The standard InChI is InChI=1S/C15H15F3N4O2/c1-3-5-12(23)19-9-10-6-4-7-13(20-10)24-14-8-11(15(16,17)18)21-22(14)2/h3-8H,9H2,1-2H3,(H,19,23)/b5-3+. The molecule has 0 radical (unpaired) electrons. The van der Waals surface area contributed by atoms with Gasteiger partial charge in [-0.15, -0.1) is 0 Å². The number of amides is 1. The molecule has 2 aromatic rings. The number of hydrogen-bond acceptors (Lipinski definition) is 4. The zero-order chi connectivity index (χ0) is 17.7. The summed E-state index contributed by atoms with van der Waals surface area (Å²) in [5.41, 5.74) is -0.543. The predicted octanol–water partition coefficient (Wildman–Crippen LogP) is 2.82. The van der Waals surface area contributed by atoms with Crippen LogP contribution in [0.1, 0.15) is 18.3 Å². The Hall–Kier alpha value is -2.84. The summed E-state index contributed by atoms with van der Waals surface area (Å²) in [6.07, 6.45) is -1.58. The largest absolute Gasteiger partial charge is 0.435 e. The maximum atomic E-state index is 12.6. The van der Waals surface area contributed by atoms with Crippen LogP contribution in [0.25, 0.3) is 0 Å². The number of nitrogens with zero attached hydrogens (tertiary/aromatic N) is 3. The minimum absolute atomic E-state index is 0.0927. The van der Waals surface area contributed by atoms with Crippen molar-refractivity contribution in [1.29, 1.82) is 0 Å². The van der Waals surface area contributed by atoms with Crippen molar-refractivity contribution in [2.45, 2.75) is 19.6 Å². The smallest absolute Gasteiger partial charge is 0.421 e. The monoisotopic (exact) mass is 340 g/mol. The van der Waals surface area contributed by atoms with Crippen LogP contribution >= 0.6 is 0 Å². The Morgan fingerprint density at radius 1 is 1.42 bits per heavy atom. The van der Waals surface area contributed by atoms with E-state index in [2.05, 4.69) is 15.4 Å². The first-order valence-corrected chi connectivity index (χ1v) is 6.95. The van der Waals surface area contributed by atoms with Gasteiger partial charge in [-0.3, -0.25) is 4.79 Å². The molecular weight excluding hydrogens is 325 g/mol. The van der Waals surface area contributed by atoms with E-state index in [1.807, 2.05) is 0 Å². The van der Waals surface area contributed by atoms with Crippen LogP contribution in [0.4, 0.5) is 13.2 Å². The predicted molar refractivity (Wildman–Crippen MR) is 79.2 cm³/mol. The average molecular weight is 340 g/mol. The number of nitrogens with one attached hydrogen (secondary N) is 1. The molecule has 0 spiro atoms. The molecule has 2 rings (SSSR count). The van der Waals surface area contributed by atoms with Gasteiger partial charge in [-0.05, 0) is 19.1 Å². The minimum atomic E-state index is -4.55. The van der Waals surface area contributed by atoms with Gasteiger partial charge in [0.05, 0.1) is 12.2 Å². The van der Waals surface area contributed by atoms with Crippen molar-refractivity contribution < 1.29 is 22.7 Å². The lowest BCUT2D eigenvalue weighted by Crippen LogP contribution is -2.20. The highest BCUT2D eigenvalue weighted by Gasteiger charge is 2.35. The summed E-state index contributed by atoms with van der Waals surface area (Å²) in [6.45, 7) is 1.88. The van der Waals surface area contributed by atoms with Crippen LogP contribution in [0, 0.1) is 0 Å². The molecule has 128 valence electrons. The van der Waals surface area contributed by atoms with Gasteiger partial charge in [-0.1, -0.05) is 12.1 Å². The second-order valence-corrected chi connectivity index (χ2v) is 4.78. The molecule has 1 amide bonds. The third-order valence-corrected chi connectivity index (χ3v) is 2.88. The molecule has 24 heavy (non-hydrogen) atoms. The number of halogens is 3. The van der Waals surface area contributed by atoms with E-state index in [9.17, 15) is 18.0 Å². The van der Waals surface area contributed by atoms with Crippen molar-refractivity contribution in [3.8, 4) is 11.8 Å². The number of rotatable bonds is 5. The molecule has 0 atom stereocenters.